The van der Waals surface area contributed by atoms with Gasteiger partial charge in [-0.3, -0.25) is 0 Å². The Bertz CT molecular complexity index is 115. The summed E-state index contributed by atoms with van der Waals surface area (Å²) in [6.45, 7) is 11.4. The maximum absolute atomic E-state index is 5.85. The van der Waals surface area contributed by atoms with Gasteiger partial charge in [0.2, 0.25) is 8.32 Å². The molecule has 0 amide bonds. The average Bonchev–Trinajstić information content (AvgIpc) is 2.11. The van der Waals surface area contributed by atoms with Crippen molar-refractivity contribution in [2.45, 2.75) is 45.7 Å². The highest BCUT2D eigenvalue weighted by molar-refractivity contribution is 6.77. The third-order valence-corrected chi connectivity index (χ3v) is 5.17. The lowest BCUT2D eigenvalue weighted by molar-refractivity contribution is 0.309. The van der Waals surface area contributed by atoms with Crippen LogP contribution < -0.4 is 0 Å². The molecule has 0 aromatic rings. The molecule has 0 spiro atoms. The minimum absolute atomic E-state index is 0.901. The third-order valence-electron chi connectivity index (χ3n) is 2.09. The Kier molecular flexibility index (Phi) is 6.39. The molecule has 0 aliphatic rings. The Morgan fingerprint density at radius 3 is 2.42 bits per heavy atom. The van der Waals surface area contributed by atoms with E-state index in [9.17, 15) is 0 Å². The molecule has 0 aliphatic heterocycles. The molecule has 0 N–H and O–H groups in total. The van der Waals surface area contributed by atoms with Crippen molar-refractivity contribution in [2.75, 3.05) is 6.61 Å². The summed E-state index contributed by atoms with van der Waals surface area (Å²) in [7, 11) is -1.50. The van der Waals surface area contributed by atoms with E-state index in [1.54, 1.807) is 0 Å². The van der Waals surface area contributed by atoms with Gasteiger partial charge in [-0.2, -0.15) is 0 Å². The highest BCUT2D eigenvalue weighted by Crippen LogP contribution is 2.16. The van der Waals surface area contributed by atoms with Crippen molar-refractivity contribution in [3.63, 3.8) is 0 Å². The van der Waals surface area contributed by atoms with Gasteiger partial charge in [-0.25, -0.2) is 0 Å². The predicted octanol–water partition coefficient (Wildman–Crippen LogP) is 3.51. The van der Waals surface area contributed by atoms with Crippen LogP contribution in [0.5, 0.6) is 0 Å². The highest BCUT2D eigenvalue weighted by atomic mass is 28.4. The summed E-state index contributed by atoms with van der Waals surface area (Å²) in [5, 5.41) is 0. The largest absolute Gasteiger partial charge is 0.413 e. The lowest BCUT2D eigenvalue weighted by atomic mass is 10.4. The van der Waals surface area contributed by atoms with Crippen LogP contribution in [-0.4, -0.2) is 14.9 Å². The molecule has 1 nitrogen and oxygen atoms in total. The van der Waals surface area contributed by atoms with Crippen molar-refractivity contribution in [1.82, 2.24) is 0 Å². The fraction of sp³-hybridized carbons (Fsp3) is 0.800. The Morgan fingerprint density at radius 2 is 2.00 bits per heavy atom. The second kappa shape index (κ2) is 6.43. The molecular formula is C10H22OSi. The van der Waals surface area contributed by atoms with E-state index < -0.39 is 8.32 Å². The fourth-order valence-electron chi connectivity index (χ4n) is 1.10. The molecule has 0 rings (SSSR count). The first-order valence-corrected chi connectivity index (χ1v) is 7.65. The Morgan fingerprint density at radius 1 is 1.33 bits per heavy atom. The van der Waals surface area contributed by atoms with E-state index in [-0.39, 0.29) is 0 Å². The van der Waals surface area contributed by atoms with Gasteiger partial charge in [0.15, 0.2) is 0 Å². The van der Waals surface area contributed by atoms with E-state index in [0.717, 1.165) is 13.0 Å². The van der Waals surface area contributed by atoms with Gasteiger partial charge in [-0.15, -0.1) is 6.58 Å². The normalized spacial score (nSPS) is 15.6. The third kappa shape index (κ3) is 4.73. The minimum atomic E-state index is -1.50. The fourth-order valence-corrected chi connectivity index (χ4v) is 3.29. The summed E-state index contributed by atoms with van der Waals surface area (Å²) in [6, 6.07) is 1.23. The number of hydrogen-bond acceptors (Lipinski definition) is 1. The van der Waals surface area contributed by atoms with Gasteiger partial charge in [0, 0.05) is 6.61 Å². The van der Waals surface area contributed by atoms with Gasteiger partial charge in [-0.1, -0.05) is 32.4 Å². The summed E-state index contributed by atoms with van der Waals surface area (Å²) >= 11 is 0. The summed E-state index contributed by atoms with van der Waals surface area (Å²) in [5.74, 6) is 0. The molecule has 1 unspecified atom stereocenters. The molecule has 0 radical (unpaired) electrons. The molecule has 0 saturated heterocycles. The van der Waals surface area contributed by atoms with Crippen molar-refractivity contribution >= 4 is 8.32 Å². The van der Waals surface area contributed by atoms with Gasteiger partial charge >= 0.3 is 0 Å². The zero-order valence-electron chi connectivity index (χ0n) is 8.73. The van der Waals surface area contributed by atoms with Crippen molar-refractivity contribution < 1.29 is 4.43 Å². The van der Waals surface area contributed by atoms with E-state index >= 15 is 0 Å². The molecule has 0 bridgehead atoms. The summed E-state index contributed by atoms with van der Waals surface area (Å²) < 4.78 is 5.85. The minimum Gasteiger partial charge on any atom is -0.413 e. The molecular weight excluding hydrogens is 164 g/mol. The maximum atomic E-state index is 5.85. The lowest BCUT2D eigenvalue weighted by Crippen LogP contribution is -2.32. The van der Waals surface area contributed by atoms with Crippen molar-refractivity contribution in [3.8, 4) is 0 Å². The molecule has 12 heavy (non-hydrogen) atoms. The molecule has 0 fully saturated rings. The van der Waals surface area contributed by atoms with Crippen LogP contribution in [0.2, 0.25) is 12.6 Å². The topological polar surface area (TPSA) is 9.23 Å². The average molecular weight is 186 g/mol. The molecule has 0 aromatic heterocycles. The van der Waals surface area contributed by atoms with Crippen LogP contribution in [0.1, 0.15) is 33.1 Å². The van der Waals surface area contributed by atoms with Crippen LogP contribution in [0.3, 0.4) is 0 Å². The van der Waals surface area contributed by atoms with E-state index in [1.165, 1.54) is 18.9 Å². The van der Waals surface area contributed by atoms with Crippen LogP contribution in [-0.2, 0) is 4.43 Å². The van der Waals surface area contributed by atoms with Crippen LogP contribution in [0.25, 0.3) is 0 Å². The van der Waals surface area contributed by atoms with Crippen molar-refractivity contribution in [2.24, 2.45) is 0 Å². The quantitative estimate of drug-likeness (QED) is 0.553. The predicted molar refractivity (Wildman–Crippen MR) is 57.8 cm³/mol. The SMILES string of the molecule is C=C[Si](C)(CCCC)OCCC. The summed E-state index contributed by atoms with van der Waals surface area (Å²) in [5.41, 5.74) is 2.07. The second-order valence-electron chi connectivity index (χ2n) is 3.47. The van der Waals surface area contributed by atoms with E-state index in [2.05, 4.69) is 32.7 Å². The smallest absolute Gasteiger partial charge is 0.213 e. The van der Waals surface area contributed by atoms with Gasteiger partial charge in [-0.05, 0) is 19.0 Å². The van der Waals surface area contributed by atoms with Crippen LogP contribution in [0, 0.1) is 0 Å². The van der Waals surface area contributed by atoms with Crippen LogP contribution in [0.15, 0.2) is 12.3 Å². The molecule has 72 valence electrons. The molecule has 2 heteroatoms. The van der Waals surface area contributed by atoms with E-state index in [4.69, 9.17) is 4.43 Å². The van der Waals surface area contributed by atoms with Gasteiger partial charge in [0.25, 0.3) is 0 Å². The van der Waals surface area contributed by atoms with Gasteiger partial charge in [0.1, 0.15) is 0 Å². The van der Waals surface area contributed by atoms with Crippen molar-refractivity contribution in [1.29, 1.82) is 0 Å². The molecule has 0 heterocycles. The summed E-state index contributed by atoms with van der Waals surface area (Å²) in [6.07, 6.45) is 3.65. The standard InChI is InChI=1S/C10H22OSi/c1-5-8-10-12(4,7-3)11-9-6-2/h7H,3,5-6,8-10H2,1-2,4H3. The number of rotatable bonds is 7. The molecule has 0 saturated carbocycles. The zero-order chi connectivity index (χ0) is 9.45. The van der Waals surface area contributed by atoms with Gasteiger partial charge < -0.3 is 4.43 Å². The second-order valence-corrected chi connectivity index (χ2v) is 7.29. The Balaban J connectivity index is 3.78. The number of hydrogen-bond donors (Lipinski definition) is 0. The lowest BCUT2D eigenvalue weighted by Gasteiger charge is -2.23. The van der Waals surface area contributed by atoms with Crippen LogP contribution in [0.4, 0.5) is 0 Å². The van der Waals surface area contributed by atoms with Crippen molar-refractivity contribution in [3.05, 3.63) is 12.3 Å². The first kappa shape index (κ1) is 11.9. The van der Waals surface area contributed by atoms with Crippen LogP contribution >= 0.6 is 0 Å². The van der Waals surface area contributed by atoms with Gasteiger partial charge in [0.05, 0.1) is 0 Å². The molecule has 1 atom stereocenters. The molecule has 0 aromatic carbocycles. The zero-order valence-corrected chi connectivity index (χ0v) is 9.73. The Hall–Kier alpha value is -0.0831. The number of unbranched alkanes of at least 4 members (excludes halogenated alkanes) is 1. The maximum Gasteiger partial charge on any atom is 0.213 e. The first-order valence-electron chi connectivity index (χ1n) is 4.96. The van der Waals surface area contributed by atoms with E-state index in [1.807, 2.05) is 0 Å². The Labute approximate surface area is 78.0 Å². The summed E-state index contributed by atoms with van der Waals surface area (Å²) in [4.78, 5) is 0. The highest BCUT2D eigenvalue weighted by Gasteiger charge is 2.23. The monoisotopic (exact) mass is 186 g/mol. The first-order chi connectivity index (χ1) is 5.68. The van der Waals surface area contributed by atoms with E-state index in [0.29, 0.717) is 0 Å². The molecule has 0 aliphatic carbocycles.